The molecule has 1 fully saturated rings. The van der Waals surface area contributed by atoms with Crippen LogP contribution >= 0.6 is 0 Å². The van der Waals surface area contributed by atoms with Crippen molar-refractivity contribution in [3.63, 3.8) is 0 Å². The van der Waals surface area contributed by atoms with Gasteiger partial charge >= 0.3 is 0 Å². The van der Waals surface area contributed by atoms with E-state index in [1.54, 1.807) is 13.1 Å². The van der Waals surface area contributed by atoms with Crippen molar-refractivity contribution in [3.05, 3.63) is 35.0 Å². The summed E-state index contributed by atoms with van der Waals surface area (Å²) < 4.78 is 0. The Bertz CT molecular complexity index is 744. The Morgan fingerprint density at radius 1 is 1.32 bits per heavy atom. The fraction of sp³-hybridized carbons (Fsp3) is 0.412. The van der Waals surface area contributed by atoms with Crippen molar-refractivity contribution in [1.82, 2.24) is 15.2 Å². The number of carbonyl (C=O) groups excluding carboxylic acids is 2. The fourth-order valence-electron chi connectivity index (χ4n) is 2.60. The molecule has 0 spiro atoms. The number of H-pyrrole nitrogens is 1. The van der Waals surface area contributed by atoms with Crippen LogP contribution in [0, 0.1) is 13.8 Å². The molecule has 0 radical (unpaired) electrons. The van der Waals surface area contributed by atoms with Gasteiger partial charge < -0.3 is 15.2 Å². The molecule has 2 N–H and O–H groups in total. The molecule has 2 amide bonds. The topological polar surface area (TPSA) is 65.2 Å². The normalized spacial score (nSPS) is 14.1. The first-order valence-corrected chi connectivity index (χ1v) is 7.59. The Morgan fingerprint density at radius 2 is 2.05 bits per heavy atom. The zero-order valence-electron chi connectivity index (χ0n) is 13.2. The Balaban J connectivity index is 1.75. The van der Waals surface area contributed by atoms with Gasteiger partial charge in [0.25, 0.3) is 5.91 Å². The van der Waals surface area contributed by atoms with E-state index in [1.807, 2.05) is 26.0 Å². The zero-order chi connectivity index (χ0) is 15.9. The van der Waals surface area contributed by atoms with Crippen LogP contribution in [-0.4, -0.2) is 41.3 Å². The van der Waals surface area contributed by atoms with Crippen LogP contribution in [-0.2, 0) is 4.79 Å². The van der Waals surface area contributed by atoms with E-state index >= 15 is 0 Å². The highest BCUT2D eigenvalue weighted by Crippen LogP contribution is 2.23. The number of aryl methyl sites for hydroxylation is 2. The van der Waals surface area contributed by atoms with Crippen molar-refractivity contribution < 1.29 is 9.59 Å². The molecule has 1 aromatic heterocycles. The molecule has 0 bridgehead atoms. The van der Waals surface area contributed by atoms with Crippen molar-refractivity contribution in [2.45, 2.75) is 32.7 Å². The van der Waals surface area contributed by atoms with E-state index in [1.165, 1.54) is 4.90 Å². The van der Waals surface area contributed by atoms with Gasteiger partial charge in [0.2, 0.25) is 5.91 Å². The van der Waals surface area contributed by atoms with Crippen molar-refractivity contribution in [2.75, 3.05) is 13.6 Å². The predicted octanol–water partition coefficient (Wildman–Crippen LogP) is 2.14. The Morgan fingerprint density at radius 3 is 2.73 bits per heavy atom. The number of aromatic amines is 1. The number of carbonyl (C=O) groups is 2. The molecule has 1 aromatic carbocycles. The van der Waals surface area contributed by atoms with Gasteiger partial charge in [0.05, 0.1) is 6.54 Å². The quantitative estimate of drug-likeness (QED) is 0.908. The van der Waals surface area contributed by atoms with Crippen LogP contribution in [0.2, 0.25) is 0 Å². The van der Waals surface area contributed by atoms with E-state index in [9.17, 15) is 9.59 Å². The lowest BCUT2D eigenvalue weighted by Gasteiger charge is -2.17. The molecule has 0 saturated heterocycles. The molecule has 5 heteroatoms. The summed E-state index contributed by atoms with van der Waals surface area (Å²) in [5.41, 5.74) is 3.90. The molecule has 1 aliphatic rings. The first kappa shape index (κ1) is 14.6. The van der Waals surface area contributed by atoms with Crippen molar-refractivity contribution in [1.29, 1.82) is 0 Å². The van der Waals surface area contributed by atoms with E-state index in [0.717, 1.165) is 35.0 Å². The fourth-order valence-corrected chi connectivity index (χ4v) is 2.60. The second-order valence-corrected chi connectivity index (χ2v) is 6.14. The summed E-state index contributed by atoms with van der Waals surface area (Å²) in [4.78, 5) is 29.0. The number of rotatable bonds is 4. The molecule has 2 aromatic rings. The summed E-state index contributed by atoms with van der Waals surface area (Å²) in [6, 6.07) is 5.93. The van der Waals surface area contributed by atoms with Crippen molar-refractivity contribution in [3.8, 4) is 0 Å². The first-order chi connectivity index (χ1) is 10.5. The van der Waals surface area contributed by atoms with Gasteiger partial charge in [-0.25, -0.2) is 0 Å². The summed E-state index contributed by atoms with van der Waals surface area (Å²) in [5, 5.41) is 3.95. The Hall–Kier alpha value is -2.30. The second kappa shape index (κ2) is 5.48. The van der Waals surface area contributed by atoms with Crippen LogP contribution in [0.1, 0.15) is 34.5 Å². The maximum Gasteiger partial charge on any atom is 0.254 e. The van der Waals surface area contributed by atoms with Gasteiger partial charge in [0.15, 0.2) is 0 Å². The molecule has 116 valence electrons. The zero-order valence-corrected chi connectivity index (χ0v) is 13.2. The third-order valence-corrected chi connectivity index (χ3v) is 4.23. The molecule has 1 aliphatic carbocycles. The van der Waals surface area contributed by atoms with Gasteiger partial charge in [-0.1, -0.05) is 0 Å². The number of nitrogens with zero attached hydrogens (tertiary/aromatic N) is 1. The van der Waals surface area contributed by atoms with Gasteiger partial charge in [-0.15, -0.1) is 0 Å². The predicted molar refractivity (Wildman–Crippen MR) is 85.9 cm³/mol. The highest BCUT2D eigenvalue weighted by atomic mass is 16.2. The third-order valence-electron chi connectivity index (χ3n) is 4.23. The largest absolute Gasteiger partial charge is 0.358 e. The van der Waals surface area contributed by atoms with E-state index < -0.39 is 0 Å². The number of nitrogens with one attached hydrogen (secondary N) is 2. The highest BCUT2D eigenvalue weighted by Gasteiger charge is 2.24. The average molecular weight is 299 g/mol. The number of hydrogen-bond acceptors (Lipinski definition) is 2. The minimum Gasteiger partial charge on any atom is -0.358 e. The van der Waals surface area contributed by atoms with Crippen LogP contribution in [0.15, 0.2) is 18.2 Å². The highest BCUT2D eigenvalue weighted by molar-refractivity contribution is 6.00. The van der Waals surface area contributed by atoms with E-state index in [-0.39, 0.29) is 18.4 Å². The van der Waals surface area contributed by atoms with Crippen LogP contribution in [0.5, 0.6) is 0 Å². The average Bonchev–Trinajstić information content (AvgIpc) is 3.24. The molecule has 1 saturated carbocycles. The Labute approximate surface area is 129 Å². The third kappa shape index (κ3) is 2.84. The summed E-state index contributed by atoms with van der Waals surface area (Å²) in [7, 11) is 1.66. The lowest BCUT2D eigenvalue weighted by atomic mass is 10.1. The molecule has 5 nitrogen and oxygen atoms in total. The lowest BCUT2D eigenvalue weighted by molar-refractivity contribution is -0.121. The van der Waals surface area contributed by atoms with Crippen LogP contribution in [0.3, 0.4) is 0 Å². The summed E-state index contributed by atoms with van der Waals surface area (Å²) in [6.07, 6.45) is 2.10. The smallest absolute Gasteiger partial charge is 0.254 e. The maximum absolute atomic E-state index is 12.5. The second-order valence-electron chi connectivity index (χ2n) is 6.14. The summed E-state index contributed by atoms with van der Waals surface area (Å²) >= 11 is 0. The van der Waals surface area contributed by atoms with Gasteiger partial charge in [0.1, 0.15) is 0 Å². The van der Waals surface area contributed by atoms with E-state index in [2.05, 4.69) is 10.3 Å². The van der Waals surface area contributed by atoms with Crippen LogP contribution in [0.25, 0.3) is 10.9 Å². The molecular weight excluding hydrogens is 278 g/mol. The summed E-state index contributed by atoms with van der Waals surface area (Å²) in [6.45, 7) is 4.15. The number of amides is 2. The molecule has 0 atom stereocenters. The van der Waals surface area contributed by atoms with Crippen LogP contribution < -0.4 is 5.32 Å². The molecular formula is C17H21N3O2. The Kier molecular flexibility index (Phi) is 3.64. The van der Waals surface area contributed by atoms with Crippen LogP contribution in [0.4, 0.5) is 0 Å². The minimum absolute atomic E-state index is 0.0897. The molecule has 22 heavy (non-hydrogen) atoms. The number of aromatic nitrogens is 1. The molecule has 0 aliphatic heterocycles. The van der Waals surface area contributed by atoms with Gasteiger partial charge in [-0.05, 0) is 50.5 Å². The number of fused-ring (bicyclic) bond motifs is 1. The monoisotopic (exact) mass is 299 g/mol. The number of likely N-dealkylation sites (N-methyl/N-ethyl adjacent to an activating group) is 1. The SMILES string of the molecule is Cc1[nH]c2ccc(C(=O)N(C)CC(=O)NC3CC3)cc2c1C. The lowest BCUT2D eigenvalue weighted by Crippen LogP contribution is -2.39. The number of hydrogen-bond donors (Lipinski definition) is 2. The standard InChI is InChI=1S/C17H21N3O2/c1-10-11(2)18-15-7-4-12(8-14(10)15)17(22)20(3)9-16(21)19-13-5-6-13/h4,7-8,13,18H,5-6,9H2,1-3H3,(H,19,21). The van der Waals surface area contributed by atoms with Gasteiger partial charge in [0, 0.05) is 35.2 Å². The summed E-state index contributed by atoms with van der Waals surface area (Å²) in [5.74, 6) is -0.223. The first-order valence-electron chi connectivity index (χ1n) is 7.59. The molecule has 0 unspecified atom stereocenters. The van der Waals surface area contributed by atoms with E-state index in [0.29, 0.717) is 11.6 Å². The number of benzene rings is 1. The van der Waals surface area contributed by atoms with Crippen molar-refractivity contribution >= 4 is 22.7 Å². The van der Waals surface area contributed by atoms with Crippen molar-refractivity contribution in [2.24, 2.45) is 0 Å². The molecule has 1 heterocycles. The maximum atomic E-state index is 12.5. The van der Waals surface area contributed by atoms with E-state index in [4.69, 9.17) is 0 Å². The molecule has 3 rings (SSSR count). The van der Waals surface area contributed by atoms with Gasteiger partial charge in [-0.2, -0.15) is 0 Å². The van der Waals surface area contributed by atoms with Gasteiger partial charge in [-0.3, -0.25) is 9.59 Å². The minimum atomic E-state index is -0.133.